The van der Waals surface area contributed by atoms with E-state index in [9.17, 15) is 12.8 Å². The fourth-order valence-electron chi connectivity index (χ4n) is 2.86. The van der Waals surface area contributed by atoms with Gasteiger partial charge in [-0.3, -0.25) is 0 Å². The molecule has 2 atom stereocenters. The highest BCUT2D eigenvalue weighted by molar-refractivity contribution is 7.91. The van der Waals surface area contributed by atoms with Crippen molar-refractivity contribution >= 4 is 27.2 Å². The van der Waals surface area contributed by atoms with Crippen molar-refractivity contribution in [1.82, 2.24) is 14.3 Å². The summed E-state index contributed by atoms with van der Waals surface area (Å²) in [7, 11) is -2.02. The SMILES string of the molecule is Cc1csc(S(=O)(=O)N(C)C[C@@H]2C[C@H](F)CN2c2ccncn2)c1. The lowest BCUT2D eigenvalue weighted by atomic mass is 10.2. The zero-order chi connectivity index (χ0) is 17.3. The molecule has 3 rings (SSSR count). The number of nitrogens with zero attached hydrogens (tertiary/aromatic N) is 4. The van der Waals surface area contributed by atoms with E-state index in [0.717, 1.165) is 5.56 Å². The molecule has 2 aromatic rings. The van der Waals surface area contributed by atoms with Crippen LogP contribution in [0.1, 0.15) is 12.0 Å². The van der Waals surface area contributed by atoms with E-state index < -0.39 is 16.2 Å². The molecule has 0 aromatic carbocycles. The summed E-state index contributed by atoms with van der Waals surface area (Å²) in [5.41, 5.74) is 0.916. The summed E-state index contributed by atoms with van der Waals surface area (Å²) in [6.45, 7) is 2.29. The van der Waals surface area contributed by atoms with E-state index >= 15 is 0 Å². The average Bonchev–Trinajstić information content (AvgIpc) is 3.14. The molecular formula is C15H19FN4O2S2. The second-order valence-electron chi connectivity index (χ2n) is 5.94. The first-order valence-corrected chi connectivity index (χ1v) is 9.88. The summed E-state index contributed by atoms with van der Waals surface area (Å²) in [6, 6.07) is 3.11. The Bertz CT molecular complexity index is 797. The molecule has 130 valence electrons. The fraction of sp³-hybridized carbons (Fsp3) is 0.467. The van der Waals surface area contributed by atoms with Crippen LogP contribution < -0.4 is 4.90 Å². The zero-order valence-corrected chi connectivity index (χ0v) is 15.1. The highest BCUT2D eigenvalue weighted by Gasteiger charge is 2.36. The van der Waals surface area contributed by atoms with Crippen molar-refractivity contribution in [1.29, 1.82) is 0 Å². The van der Waals surface area contributed by atoms with Crippen LogP contribution in [0.25, 0.3) is 0 Å². The Morgan fingerprint density at radius 1 is 1.50 bits per heavy atom. The van der Waals surface area contributed by atoms with E-state index in [1.54, 1.807) is 23.7 Å². The minimum atomic E-state index is -3.56. The normalized spacial score (nSPS) is 21.6. The lowest BCUT2D eigenvalue weighted by Gasteiger charge is -2.28. The van der Waals surface area contributed by atoms with Crippen molar-refractivity contribution in [2.24, 2.45) is 0 Å². The molecular weight excluding hydrogens is 351 g/mol. The number of thiophene rings is 1. The van der Waals surface area contributed by atoms with Crippen molar-refractivity contribution in [3.8, 4) is 0 Å². The van der Waals surface area contributed by atoms with E-state index in [4.69, 9.17) is 0 Å². The minimum Gasteiger partial charge on any atom is -0.349 e. The molecule has 0 aliphatic carbocycles. The van der Waals surface area contributed by atoms with Crippen LogP contribution >= 0.6 is 11.3 Å². The number of alkyl halides is 1. The van der Waals surface area contributed by atoms with Gasteiger partial charge in [-0.25, -0.2) is 22.8 Å². The molecule has 0 N–H and O–H groups in total. The summed E-state index contributed by atoms with van der Waals surface area (Å²) >= 11 is 1.20. The monoisotopic (exact) mass is 370 g/mol. The van der Waals surface area contributed by atoms with Crippen molar-refractivity contribution in [3.05, 3.63) is 35.6 Å². The third kappa shape index (κ3) is 3.42. The van der Waals surface area contributed by atoms with Crippen LogP contribution in [0.3, 0.4) is 0 Å². The minimum absolute atomic E-state index is 0.212. The first kappa shape index (κ1) is 17.2. The second-order valence-corrected chi connectivity index (χ2v) is 9.12. The number of hydrogen-bond donors (Lipinski definition) is 0. The van der Waals surface area contributed by atoms with Gasteiger partial charge in [-0.15, -0.1) is 11.3 Å². The van der Waals surface area contributed by atoms with Crippen LogP contribution in [-0.2, 0) is 10.0 Å². The Balaban J connectivity index is 1.78. The van der Waals surface area contributed by atoms with E-state index in [-0.39, 0.29) is 25.6 Å². The summed E-state index contributed by atoms with van der Waals surface area (Å²) in [5, 5.41) is 1.81. The van der Waals surface area contributed by atoms with Crippen molar-refractivity contribution in [2.75, 3.05) is 25.0 Å². The largest absolute Gasteiger partial charge is 0.349 e. The molecule has 3 heterocycles. The third-order valence-electron chi connectivity index (χ3n) is 4.06. The van der Waals surface area contributed by atoms with Gasteiger partial charge in [0, 0.05) is 32.3 Å². The topological polar surface area (TPSA) is 66.4 Å². The molecule has 1 aliphatic rings. The highest BCUT2D eigenvalue weighted by Crippen LogP contribution is 2.28. The molecule has 6 nitrogen and oxygen atoms in total. The number of anilines is 1. The Labute approximate surface area is 145 Å². The predicted octanol–water partition coefficient (Wildman–Crippen LogP) is 2.08. The smallest absolute Gasteiger partial charge is 0.252 e. The molecule has 0 saturated carbocycles. The van der Waals surface area contributed by atoms with Gasteiger partial charge >= 0.3 is 0 Å². The maximum absolute atomic E-state index is 13.9. The first-order valence-electron chi connectivity index (χ1n) is 7.56. The summed E-state index contributed by atoms with van der Waals surface area (Å²) < 4.78 is 40.9. The molecule has 24 heavy (non-hydrogen) atoms. The van der Waals surface area contributed by atoms with Crippen molar-refractivity contribution < 1.29 is 12.8 Å². The molecule has 2 aromatic heterocycles. The van der Waals surface area contributed by atoms with Crippen LogP contribution in [-0.4, -0.2) is 55.0 Å². The van der Waals surface area contributed by atoms with Crippen molar-refractivity contribution in [3.63, 3.8) is 0 Å². The average molecular weight is 370 g/mol. The fourth-order valence-corrected chi connectivity index (χ4v) is 5.50. The van der Waals surface area contributed by atoms with Gasteiger partial charge in [-0.1, -0.05) is 0 Å². The van der Waals surface area contributed by atoms with Gasteiger partial charge < -0.3 is 4.90 Å². The number of hydrogen-bond acceptors (Lipinski definition) is 6. The zero-order valence-electron chi connectivity index (χ0n) is 13.5. The van der Waals surface area contributed by atoms with Crippen LogP contribution in [0, 0.1) is 6.92 Å². The number of likely N-dealkylation sites (N-methyl/N-ethyl adjacent to an activating group) is 1. The Hall–Kier alpha value is -1.58. The van der Waals surface area contributed by atoms with Gasteiger partial charge in [-0.2, -0.15) is 4.31 Å². The highest BCUT2D eigenvalue weighted by atomic mass is 32.2. The van der Waals surface area contributed by atoms with Gasteiger partial charge in [0.1, 0.15) is 22.5 Å². The number of aromatic nitrogens is 2. The van der Waals surface area contributed by atoms with E-state index in [0.29, 0.717) is 10.0 Å². The second kappa shape index (κ2) is 6.73. The Morgan fingerprint density at radius 3 is 2.92 bits per heavy atom. The molecule has 0 radical (unpaired) electrons. The molecule has 1 saturated heterocycles. The molecule has 0 amide bonds. The maximum atomic E-state index is 13.9. The third-order valence-corrected chi connectivity index (χ3v) is 7.42. The summed E-state index contributed by atoms with van der Waals surface area (Å²) in [4.78, 5) is 9.84. The quantitative estimate of drug-likeness (QED) is 0.806. The molecule has 0 unspecified atom stereocenters. The number of rotatable bonds is 5. The molecule has 1 aliphatic heterocycles. The summed E-state index contributed by atoms with van der Waals surface area (Å²) in [6.07, 6.45) is 2.30. The Morgan fingerprint density at radius 2 is 2.29 bits per heavy atom. The number of halogens is 1. The number of aryl methyl sites for hydroxylation is 1. The van der Waals surface area contributed by atoms with Crippen molar-refractivity contribution in [2.45, 2.75) is 29.8 Å². The standard InChI is InChI=1S/C15H19FN4O2S2/c1-11-5-15(23-9-11)24(21,22)19(2)8-13-6-12(16)7-20(13)14-3-4-17-10-18-14/h3-5,9-10,12-13H,6-8H2,1-2H3/t12-,13-/m0/s1. The lowest BCUT2D eigenvalue weighted by Crippen LogP contribution is -2.41. The van der Waals surface area contributed by atoms with Crippen LogP contribution in [0.4, 0.5) is 10.2 Å². The van der Waals surface area contributed by atoms with Crippen LogP contribution in [0.15, 0.2) is 34.2 Å². The van der Waals surface area contributed by atoms with E-state index in [2.05, 4.69) is 9.97 Å². The van der Waals surface area contributed by atoms with Gasteiger partial charge in [-0.05, 0) is 30.0 Å². The van der Waals surface area contributed by atoms with Gasteiger partial charge in [0.25, 0.3) is 10.0 Å². The molecule has 0 spiro atoms. The number of sulfonamides is 1. The maximum Gasteiger partial charge on any atom is 0.252 e. The Kier molecular flexibility index (Phi) is 4.84. The summed E-state index contributed by atoms with van der Waals surface area (Å²) in [5.74, 6) is 0.618. The van der Waals surface area contributed by atoms with E-state index in [1.807, 2.05) is 11.8 Å². The molecule has 9 heteroatoms. The first-order chi connectivity index (χ1) is 11.4. The molecule has 1 fully saturated rings. The predicted molar refractivity (Wildman–Crippen MR) is 91.6 cm³/mol. The van der Waals surface area contributed by atoms with Gasteiger partial charge in [0.15, 0.2) is 0 Å². The van der Waals surface area contributed by atoms with Crippen LogP contribution in [0.5, 0.6) is 0 Å². The van der Waals surface area contributed by atoms with E-state index in [1.165, 1.54) is 29.0 Å². The molecule has 0 bridgehead atoms. The van der Waals surface area contributed by atoms with Gasteiger partial charge in [0.2, 0.25) is 0 Å². The van der Waals surface area contributed by atoms with Gasteiger partial charge in [0.05, 0.1) is 6.54 Å². The van der Waals surface area contributed by atoms with Crippen LogP contribution in [0.2, 0.25) is 0 Å². The lowest BCUT2D eigenvalue weighted by molar-refractivity contribution is 0.346.